The van der Waals surface area contributed by atoms with Gasteiger partial charge in [-0.05, 0) is 0 Å². The Hall–Kier alpha value is -0.476. The molecule has 0 fully saturated rings. The SMILES string of the molecule is Cc1[c-]cn(CC(N)=O)c(=O)c1.[Y]. The van der Waals surface area contributed by atoms with E-state index in [-0.39, 0.29) is 44.8 Å². The van der Waals surface area contributed by atoms with Crippen LogP contribution in [0.25, 0.3) is 0 Å². The van der Waals surface area contributed by atoms with Crippen LogP contribution in [0, 0.1) is 13.0 Å². The molecule has 0 spiro atoms. The molecule has 13 heavy (non-hydrogen) atoms. The van der Waals surface area contributed by atoms with Gasteiger partial charge in [-0.3, -0.25) is 9.59 Å². The van der Waals surface area contributed by atoms with Crippen LogP contribution in [0.3, 0.4) is 0 Å². The van der Waals surface area contributed by atoms with E-state index in [1.54, 1.807) is 6.92 Å². The zero-order chi connectivity index (χ0) is 9.14. The quantitative estimate of drug-likeness (QED) is 0.719. The predicted octanol–water partition coefficient (Wildman–Crippen LogP) is -0.560. The number of rotatable bonds is 2. The predicted molar refractivity (Wildman–Crippen MR) is 43.5 cm³/mol. The van der Waals surface area contributed by atoms with E-state index in [0.717, 1.165) is 5.56 Å². The number of carbonyl (C=O) groups excluding carboxylic acids is 1. The monoisotopic (exact) mass is 254 g/mol. The molecule has 0 aliphatic heterocycles. The van der Waals surface area contributed by atoms with Crippen molar-refractivity contribution < 1.29 is 37.5 Å². The fraction of sp³-hybridized carbons (Fsp3) is 0.250. The third kappa shape index (κ3) is 3.83. The van der Waals surface area contributed by atoms with Crippen molar-refractivity contribution in [1.29, 1.82) is 0 Å². The van der Waals surface area contributed by atoms with Crippen LogP contribution in [0.4, 0.5) is 0 Å². The van der Waals surface area contributed by atoms with Crippen molar-refractivity contribution in [2.24, 2.45) is 5.73 Å². The number of carbonyl (C=O) groups is 1. The Kier molecular flexibility index (Phi) is 5.10. The number of hydrogen-bond donors (Lipinski definition) is 1. The van der Waals surface area contributed by atoms with Crippen LogP contribution >= 0.6 is 0 Å². The van der Waals surface area contributed by atoms with Crippen molar-refractivity contribution in [2.45, 2.75) is 13.5 Å². The molecule has 0 aromatic carbocycles. The van der Waals surface area contributed by atoms with Gasteiger partial charge in [0.15, 0.2) is 5.56 Å². The number of primary amides is 1. The van der Waals surface area contributed by atoms with Gasteiger partial charge in [-0.2, -0.15) is 0 Å². The molecule has 67 valence electrons. The molecule has 5 heteroatoms. The standard InChI is InChI=1S/C8H9N2O2.Y/c1-6-2-3-10(5-7(9)11)8(12)4-6;/h3-4H,5H2,1H3,(H2,9,11);/q-1;. The van der Waals surface area contributed by atoms with Crippen LogP contribution in [-0.4, -0.2) is 10.5 Å². The maximum atomic E-state index is 11.1. The van der Waals surface area contributed by atoms with Gasteiger partial charge in [0, 0.05) is 32.7 Å². The summed E-state index contributed by atoms with van der Waals surface area (Å²) in [4.78, 5) is 21.6. The second-order valence-corrected chi connectivity index (χ2v) is 2.53. The number of amides is 1. The Morgan fingerprint density at radius 3 is 2.77 bits per heavy atom. The fourth-order valence-electron chi connectivity index (χ4n) is 0.845. The van der Waals surface area contributed by atoms with Gasteiger partial charge < -0.3 is 10.3 Å². The van der Waals surface area contributed by atoms with Crippen LogP contribution in [-0.2, 0) is 44.0 Å². The summed E-state index contributed by atoms with van der Waals surface area (Å²) in [5.74, 6) is -0.533. The van der Waals surface area contributed by atoms with Gasteiger partial charge in [0.2, 0.25) is 5.91 Å². The average molecular weight is 254 g/mol. The summed E-state index contributed by atoms with van der Waals surface area (Å²) in [7, 11) is 0. The van der Waals surface area contributed by atoms with Crippen molar-refractivity contribution in [3.05, 3.63) is 34.2 Å². The van der Waals surface area contributed by atoms with Crippen molar-refractivity contribution >= 4 is 5.91 Å². The van der Waals surface area contributed by atoms with E-state index in [0.29, 0.717) is 0 Å². The Morgan fingerprint density at radius 2 is 2.31 bits per heavy atom. The van der Waals surface area contributed by atoms with Gasteiger partial charge in [-0.1, -0.05) is 13.1 Å². The average Bonchev–Trinajstić information content (AvgIpc) is 1.94. The molecule has 1 heterocycles. The molecule has 0 atom stereocenters. The van der Waals surface area contributed by atoms with Crippen molar-refractivity contribution in [1.82, 2.24) is 4.57 Å². The van der Waals surface area contributed by atoms with Crippen LogP contribution in [0.2, 0.25) is 0 Å². The van der Waals surface area contributed by atoms with Gasteiger partial charge in [0.25, 0.3) is 0 Å². The minimum atomic E-state index is -0.533. The molecule has 0 aliphatic rings. The topological polar surface area (TPSA) is 65.1 Å². The molecule has 4 nitrogen and oxygen atoms in total. The first kappa shape index (κ1) is 12.5. The molecule has 0 bridgehead atoms. The first-order valence-electron chi connectivity index (χ1n) is 3.46. The number of aromatic nitrogens is 1. The maximum absolute atomic E-state index is 11.1. The first-order valence-corrected chi connectivity index (χ1v) is 3.46. The van der Waals surface area contributed by atoms with Crippen molar-refractivity contribution in [3.63, 3.8) is 0 Å². The van der Waals surface area contributed by atoms with Gasteiger partial charge in [0.05, 0.1) is 0 Å². The summed E-state index contributed by atoms with van der Waals surface area (Å²) < 4.78 is 1.22. The molecule has 0 saturated heterocycles. The summed E-state index contributed by atoms with van der Waals surface area (Å²) in [5.41, 5.74) is 5.44. The normalized spacial score (nSPS) is 9.00. The third-order valence-corrected chi connectivity index (χ3v) is 1.40. The van der Waals surface area contributed by atoms with Crippen molar-refractivity contribution in [2.75, 3.05) is 0 Å². The Morgan fingerprint density at radius 1 is 1.69 bits per heavy atom. The zero-order valence-corrected chi connectivity index (χ0v) is 10.1. The van der Waals surface area contributed by atoms with Gasteiger partial charge in [-0.15, -0.1) is 6.07 Å². The molecule has 1 radical (unpaired) electrons. The number of nitrogens with zero attached hydrogens (tertiary/aromatic N) is 1. The number of nitrogens with two attached hydrogens (primary N) is 1. The first-order chi connectivity index (χ1) is 5.59. The third-order valence-electron chi connectivity index (χ3n) is 1.40. The van der Waals surface area contributed by atoms with Crippen LogP contribution in [0.15, 0.2) is 17.1 Å². The fourth-order valence-corrected chi connectivity index (χ4v) is 0.845. The summed E-state index contributed by atoms with van der Waals surface area (Å²) in [6, 6.07) is 4.21. The minimum Gasteiger partial charge on any atom is -0.368 e. The van der Waals surface area contributed by atoms with E-state index in [4.69, 9.17) is 5.73 Å². The Labute approximate surface area is 101 Å². The molecule has 0 unspecified atom stereocenters. The summed E-state index contributed by atoms with van der Waals surface area (Å²) >= 11 is 0. The molecule has 1 amide bonds. The van der Waals surface area contributed by atoms with Crippen LogP contribution in [0.5, 0.6) is 0 Å². The molecule has 1 rings (SSSR count). The van der Waals surface area contributed by atoms with Gasteiger partial charge >= 0.3 is 0 Å². The maximum Gasteiger partial charge on any atom is 0.237 e. The Balaban J connectivity index is 0.00000144. The molecule has 1 aromatic heterocycles. The van der Waals surface area contributed by atoms with Crippen molar-refractivity contribution in [3.8, 4) is 0 Å². The molecule has 0 saturated carbocycles. The van der Waals surface area contributed by atoms with E-state index in [2.05, 4.69) is 6.07 Å². The van der Waals surface area contributed by atoms with E-state index in [1.807, 2.05) is 0 Å². The van der Waals surface area contributed by atoms with Gasteiger partial charge in [-0.25, -0.2) is 11.6 Å². The van der Waals surface area contributed by atoms with E-state index >= 15 is 0 Å². The summed E-state index contributed by atoms with van der Waals surface area (Å²) in [5, 5.41) is 0. The molecule has 2 N–H and O–H groups in total. The largest absolute Gasteiger partial charge is 0.368 e. The second kappa shape index (κ2) is 5.30. The molecular formula is C8H9N2O2Y-. The zero-order valence-electron chi connectivity index (χ0n) is 7.28. The summed E-state index contributed by atoms with van der Waals surface area (Å²) in [6.45, 7) is 1.67. The molecule has 1 aromatic rings. The Bertz CT molecular complexity index is 359. The smallest absolute Gasteiger partial charge is 0.237 e. The van der Waals surface area contributed by atoms with E-state index < -0.39 is 5.91 Å². The number of aryl methyl sites for hydroxylation is 1. The number of pyridine rings is 1. The molecule has 0 aliphatic carbocycles. The molecular weight excluding hydrogens is 245 g/mol. The minimum absolute atomic E-state index is 0. The number of hydrogen-bond acceptors (Lipinski definition) is 2. The van der Waals surface area contributed by atoms with Crippen LogP contribution < -0.4 is 11.3 Å². The van der Waals surface area contributed by atoms with E-state index in [9.17, 15) is 9.59 Å². The van der Waals surface area contributed by atoms with Crippen LogP contribution in [0.1, 0.15) is 5.56 Å². The van der Waals surface area contributed by atoms with E-state index in [1.165, 1.54) is 16.8 Å². The second-order valence-electron chi connectivity index (χ2n) is 2.53. The van der Waals surface area contributed by atoms with Gasteiger partial charge in [0.1, 0.15) is 6.54 Å². The summed E-state index contributed by atoms with van der Waals surface area (Å²) in [6.07, 6.45) is 1.43.